The van der Waals surface area contributed by atoms with E-state index < -0.39 is 23.5 Å². The first kappa shape index (κ1) is 15.8. The van der Waals surface area contributed by atoms with Gasteiger partial charge in [-0.1, -0.05) is 20.8 Å². The van der Waals surface area contributed by atoms with Crippen LogP contribution in [-0.4, -0.2) is 41.9 Å². The fourth-order valence-electron chi connectivity index (χ4n) is 2.12. The van der Waals surface area contributed by atoms with Crippen LogP contribution in [0.15, 0.2) is 0 Å². The fourth-order valence-corrected chi connectivity index (χ4v) is 2.12. The Labute approximate surface area is 113 Å². The van der Waals surface area contributed by atoms with Crippen molar-refractivity contribution in [1.29, 1.82) is 0 Å². The lowest BCUT2D eigenvalue weighted by molar-refractivity contribution is -0.141. The molecule has 6 heteroatoms. The molecule has 2 unspecified atom stereocenters. The van der Waals surface area contributed by atoms with Gasteiger partial charge >= 0.3 is 12.0 Å². The minimum atomic E-state index is -1.03. The van der Waals surface area contributed by atoms with Gasteiger partial charge < -0.3 is 20.5 Å². The van der Waals surface area contributed by atoms with Crippen LogP contribution in [0.4, 0.5) is 4.79 Å². The monoisotopic (exact) mass is 272 g/mol. The summed E-state index contributed by atoms with van der Waals surface area (Å²) in [6.45, 7) is 7.90. The SMILES string of the molecule is CC(NC(=O)N[C@@H](C(=O)O)C(C)(C)C)C1CCCO1. The molecular weight excluding hydrogens is 248 g/mol. The molecule has 0 aromatic rings. The number of rotatable bonds is 4. The second-order valence-electron chi connectivity index (χ2n) is 6.10. The molecule has 6 nitrogen and oxygen atoms in total. The van der Waals surface area contributed by atoms with Crippen molar-refractivity contribution in [3.63, 3.8) is 0 Å². The van der Waals surface area contributed by atoms with Gasteiger partial charge in [-0.05, 0) is 25.2 Å². The Bertz CT molecular complexity index is 332. The molecule has 0 bridgehead atoms. The molecule has 0 aromatic carbocycles. The number of nitrogens with one attached hydrogen (secondary N) is 2. The van der Waals surface area contributed by atoms with Crippen molar-refractivity contribution in [2.24, 2.45) is 5.41 Å². The molecule has 1 saturated heterocycles. The minimum absolute atomic E-state index is 0.0173. The molecule has 1 heterocycles. The number of hydrogen-bond acceptors (Lipinski definition) is 3. The zero-order valence-corrected chi connectivity index (χ0v) is 12.0. The highest BCUT2D eigenvalue weighted by Crippen LogP contribution is 2.19. The van der Waals surface area contributed by atoms with E-state index in [4.69, 9.17) is 9.84 Å². The summed E-state index contributed by atoms with van der Waals surface area (Å²) in [5.74, 6) is -1.03. The number of hydrogen-bond donors (Lipinski definition) is 3. The van der Waals surface area contributed by atoms with Gasteiger partial charge in [-0.25, -0.2) is 9.59 Å². The molecule has 0 aromatic heterocycles. The number of ether oxygens (including phenoxy) is 1. The molecule has 0 spiro atoms. The summed E-state index contributed by atoms with van der Waals surface area (Å²) in [5, 5.41) is 14.4. The van der Waals surface area contributed by atoms with E-state index in [9.17, 15) is 9.59 Å². The first-order valence-corrected chi connectivity index (χ1v) is 6.63. The molecule has 19 heavy (non-hydrogen) atoms. The predicted octanol–water partition coefficient (Wildman–Crippen LogP) is 1.35. The molecule has 1 aliphatic rings. The average molecular weight is 272 g/mol. The van der Waals surface area contributed by atoms with Crippen LogP contribution in [0.25, 0.3) is 0 Å². The lowest BCUT2D eigenvalue weighted by Gasteiger charge is -2.29. The van der Waals surface area contributed by atoms with Crippen LogP contribution in [0.3, 0.4) is 0 Å². The topological polar surface area (TPSA) is 87.7 Å². The largest absolute Gasteiger partial charge is 0.480 e. The zero-order valence-electron chi connectivity index (χ0n) is 12.0. The Hall–Kier alpha value is -1.30. The van der Waals surface area contributed by atoms with Gasteiger partial charge in [0.05, 0.1) is 12.1 Å². The van der Waals surface area contributed by atoms with E-state index in [2.05, 4.69) is 10.6 Å². The summed E-state index contributed by atoms with van der Waals surface area (Å²) >= 11 is 0. The Morgan fingerprint density at radius 3 is 2.37 bits per heavy atom. The van der Waals surface area contributed by atoms with Crippen LogP contribution in [0.5, 0.6) is 0 Å². The Morgan fingerprint density at radius 1 is 1.32 bits per heavy atom. The second-order valence-corrected chi connectivity index (χ2v) is 6.10. The van der Waals surface area contributed by atoms with Crippen molar-refractivity contribution in [1.82, 2.24) is 10.6 Å². The molecule has 110 valence electrons. The Balaban J connectivity index is 2.50. The third kappa shape index (κ3) is 4.70. The molecule has 2 amide bonds. The van der Waals surface area contributed by atoms with Gasteiger partial charge in [0.15, 0.2) is 0 Å². The Kier molecular flexibility index (Phi) is 5.17. The summed E-state index contributed by atoms with van der Waals surface area (Å²) < 4.78 is 5.48. The van der Waals surface area contributed by atoms with Crippen molar-refractivity contribution in [3.05, 3.63) is 0 Å². The molecule has 3 atom stereocenters. The van der Waals surface area contributed by atoms with Crippen molar-refractivity contribution in [3.8, 4) is 0 Å². The fraction of sp³-hybridized carbons (Fsp3) is 0.846. The highest BCUT2D eigenvalue weighted by atomic mass is 16.5. The minimum Gasteiger partial charge on any atom is -0.480 e. The molecule has 0 saturated carbocycles. The van der Waals surface area contributed by atoms with E-state index in [-0.39, 0.29) is 12.1 Å². The van der Waals surface area contributed by atoms with Crippen LogP contribution in [0.1, 0.15) is 40.5 Å². The third-order valence-electron chi connectivity index (χ3n) is 3.27. The predicted molar refractivity (Wildman–Crippen MR) is 71.0 cm³/mol. The van der Waals surface area contributed by atoms with Crippen LogP contribution < -0.4 is 10.6 Å². The van der Waals surface area contributed by atoms with Crippen LogP contribution in [0.2, 0.25) is 0 Å². The molecule has 0 aliphatic carbocycles. The number of carboxylic acids is 1. The van der Waals surface area contributed by atoms with Crippen molar-refractivity contribution in [2.45, 2.75) is 58.7 Å². The maximum absolute atomic E-state index is 11.8. The van der Waals surface area contributed by atoms with E-state index in [1.54, 1.807) is 20.8 Å². The van der Waals surface area contributed by atoms with E-state index >= 15 is 0 Å². The summed E-state index contributed by atoms with van der Waals surface area (Å²) in [7, 11) is 0. The number of aliphatic carboxylic acids is 1. The van der Waals surface area contributed by atoms with Crippen molar-refractivity contribution in [2.75, 3.05) is 6.61 Å². The van der Waals surface area contributed by atoms with Gasteiger partial charge in [0.1, 0.15) is 6.04 Å². The van der Waals surface area contributed by atoms with Crippen molar-refractivity contribution >= 4 is 12.0 Å². The van der Waals surface area contributed by atoms with Gasteiger partial charge in [-0.3, -0.25) is 0 Å². The number of carboxylic acid groups (broad SMARTS) is 1. The van der Waals surface area contributed by atoms with Gasteiger partial charge in [0, 0.05) is 6.61 Å². The summed E-state index contributed by atoms with van der Waals surface area (Å²) in [4.78, 5) is 23.0. The lowest BCUT2D eigenvalue weighted by Crippen LogP contribution is -2.55. The molecule has 1 fully saturated rings. The highest BCUT2D eigenvalue weighted by Gasteiger charge is 2.33. The van der Waals surface area contributed by atoms with Gasteiger partial charge in [-0.15, -0.1) is 0 Å². The normalized spacial score (nSPS) is 22.6. The smallest absolute Gasteiger partial charge is 0.326 e. The molecular formula is C13H24N2O4. The summed E-state index contributed by atoms with van der Waals surface area (Å²) in [5.41, 5.74) is -0.545. The van der Waals surface area contributed by atoms with E-state index in [0.29, 0.717) is 0 Å². The first-order valence-electron chi connectivity index (χ1n) is 6.63. The van der Waals surface area contributed by atoms with Crippen LogP contribution >= 0.6 is 0 Å². The molecule has 1 aliphatic heterocycles. The molecule has 3 N–H and O–H groups in total. The maximum Gasteiger partial charge on any atom is 0.326 e. The first-order chi connectivity index (χ1) is 8.71. The third-order valence-corrected chi connectivity index (χ3v) is 3.27. The highest BCUT2D eigenvalue weighted by molar-refractivity contribution is 5.83. The lowest BCUT2D eigenvalue weighted by atomic mass is 9.87. The van der Waals surface area contributed by atoms with Gasteiger partial charge in [0.2, 0.25) is 0 Å². The summed E-state index contributed by atoms with van der Waals surface area (Å²) in [6, 6.07) is -1.52. The van der Waals surface area contributed by atoms with E-state index in [0.717, 1.165) is 19.4 Å². The maximum atomic E-state index is 11.8. The van der Waals surface area contributed by atoms with E-state index in [1.165, 1.54) is 0 Å². The second kappa shape index (κ2) is 6.23. The van der Waals surface area contributed by atoms with Crippen LogP contribution in [-0.2, 0) is 9.53 Å². The number of amides is 2. The summed E-state index contributed by atoms with van der Waals surface area (Å²) in [6.07, 6.45) is 1.94. The van der Waals surface area contributed by atoms with Crippen LogP contribution in [0, 0.1) is 5.41 Å². The number of urea groups is 1. The molecule has 1 rings (SSSR count). The average Bonchev–Trinajstić information content (AvgIpc) is 2.77. The Morgan fingerprint density at radius 2 is 1.95 bits per heavy atom. The number of carbonyl (C=O) groups excluding carboxylic acids is 1. The number of carbonyl (C=O) groups is 2. The zero-order chi connectivity index (χ0) is 14.6. The van der Waals surface area contributed by atoms with Crippen molar-refractivity contribution < 1.29 is 19.4 Å². The molecule has 0 radical (unpaired) electrons. The van der Waals surface area contributed by atoms with Gasteiger partial charge in [-0.2, -0.15) is 0 Å². The van der Waals surface area contributed by atoms with E-state index in [1.807, 2.05) is 6.92 Å². The quantitative estimate of drug-likeness (QED) is 0.721. The standard InChI is InChI=1S/C13H24N2O4/c1-8(9-6-5-7-19-9)14-12(18)15-10(11(16)17)13(2,3)4/h8-10H,5-7H2,1-4H3,(H,16,17)(H2,14,15,18)/t8?,9?,10-/m0/s1. The van der Waals surface area contributed by atoms with Gasteiger partial charge in [0.25, 0.3) is 0 Å².